The molecule has 1 rings (SSSR count). The van der Waals surface area contributed by atoms with Crippen molar-refractivity contribution in [3.8, 4) is 0 Å². The van der Waals surface area contributed by atoms with E-state index in [-0.39, 0.29) is 0 Å². The average Bonchev–Trinajstić information content (AvgIpc) is 2.20. The summed E-state index contributed by atoms with van der Waals surface area (Å²) in [7, 11) is -2.62. The van der Waals surface area contributed by atoms with E-state index in [1.54, 1.807) is 0 Å². The third kappa shape index (κ3) is 7.11. The summed E-state index contributed by atoms with van der Waals surface area (Å²) in [6.45, 7) is 4.50. The molecule has 1 aromatic carbocycles. The monoisotopic (exact) mass is 229 g/mol. The lowest BCUT2D eigenvalue weighted by molar-refractivity contribution is 0.616. The van der Waals surface area contributed by atoms with Gasteiger partial charge in [-0.05, 0) is 24.3 Å². The molecule has 4 heteroatoms. The summed E-state index contributed by atoms with van der Waals surface area (Å²) in [5, 5.41) is 4.06. The van der Waals surface area contributed by atoms with Gasteiger partial charge in [0.05, 0.1) is 0 Å². The fraction of sp³-hybridized carbons (Fsp3) is 0.455. The molecule has 3 nitrogen and oxygen atoms in total. The SMILES string of the molecule is CCC(CC)c1ccccc1.N[SH](=O)=O. The van der Waals surface area contributed by atoms with Crippen molar-refractivity contribution < 1.29 is 8.42 Å². The van der Waals surface area contributed by atoms with E-state index in [0.717, 1.165) is 5.92 Å². The molecular formula is C11H19NO2S. The van der Waals surface area contributed by atoms with Gasteiger partial charge in [-0.1, -0.05) is 44.2 Å². The minimum Gasteiger partial charge on any atom is -0.231 e. The van der Waals surface area contributed by atoms with Crippen molar-refractivity contribution in [1.82, 2.24) is 0 Å². The Morgan fingerprint density at radius 1 is 1.13 bits per heavy atom. The second-order valence-corrected chi connectivity index (χ2v) is 3.78. The van der Waals surface area contributed by atoms with Crippen molar-refractivity contribution in [3.63, 3.8) is 0 Å². The summed E-state index contributed by atoms with van der Waals surface area (Å²) in [6, 6.07) is 10.8. The van der Waals surface area contributed by atoms with Gasteiger partial charge < -0.3 is 0 Å². The van der Waals surface area contributed by atoms with Crippen molar-refractivity contribution in [2.75, 3.05) is 0 Å². The lowest BCUT2D eigenvalue weighted by atomic mass is 9.94. The number of hydrogen-bond acceptors (Lipinski definition) is 2. The maximum Gasteiger partial charge on any atom is 0.198 e. The van der Waals surface area contributed by atoms with Crippen LogP contribution in [0.1, 0.15) is 38.2 Å². The molecule has 0 aliphatic heterocycles. The van der Waals surface area contributed by atoms with Gasteiger partial charge in [-0.2, -0.15) is 0 Å². The first-order chi connectivity index (χ1) is 7.11. The summed E-state index contributed by atoms with van der Waals surface area (Å²) in [5.74, 6) is 0.760. The molecule has 0 aromatic heterocycles. The van der Waals surface area contributed by atoms with E-state index in [1.165, 1.54) is 18.4 Å². The largest absolute Gasteiger partial charge is 0.231 e. The van der Waals surface area contributed by atoms with Gasteiger partial charge in [0.1, 0.15) is 0 Å². The smallest absolute Gasteiger partial charge is 0.198 e. The second-order valence-electron chi connectivity index (χ2n) is 3.21. The molecule has 2 N–H and O–H groups in total. The van der Waals surface area contributed by atoms with E-state index in [1.807, 2.05) is 0 Å². The molecule has 0 unspecified atom stereocenters. The van der Waals surface area contributed by atoms with Gasteiger partial charge in [0.25, 0.3) is 0 Å². The van der Waals surface area contributed by atoms with E-state index >= 15 is 0 Å². The zero-order chi connectivity index (χ0) is 11.7. The molecule has 15 heavy (non-hydrogen) atoms. The third-order valence-corrected chi connectivity index (χ3v) is 2.26. The third-order valence-electron chi connectivity index (χ3n) is 2.26. The lowest BCUT2D eigenvalue weighted by Gasteiger charge is -2.11. The summed E-state index contributed by atoms with van der Waals surface area (Å²) >= 11 is 0. The lowest BCUT2D eigenvalue weighted by Crippen LogP contribution is -1.93. The highest BCUT2D eigenvalue weighted by atomic mass is 32.2. The molecule has 0 atom stereocenters. The molecule has 0 aliphatic carbocycles. The van der Waals surface area contributed by atoms with E-state index in [2.05, 4.69) is 49.3 Å². The number of benzene rings is 1. The Morgan fingerprint density at radius 3 is 1.87 bits per heavy atom. The Labute approximate surface area is 93.4 Å². The van der Waals surface area contributed by atoms with Gasteiger partial charge in [-0.25, -0.2) is 13.6 Å². The minimum absolute atomic E-state index is 0.760. The second kappa shape index (κ2) is 8.44. The average molecular weight is 229 g/mol. The van der Waals surface area contributed by atoms with Crippen LogP contribution in [0, 0.1) is 0 Å². The quantitative estimate of drug-likeness (QED) is 0.779. The van der Waals surface area contributed by atoms with Gasteiger partial charge in [0.2, 0.25) is 0 Å². The van der Waals surface area contributed by atoms with Crippen LogP contribution >= 0.6 is 0 Å². The molecule has 1 aromatic rings. The summed E-state index contributed by atoms with van der Waals surface area (Å²) in [5.41, 5.74) is 1.48. The van der Waals surface area contributed by atoms with Crippen LogP contribution in [0.2, 0.25) is 0 Å². The molecule has 0 aliphatic rings. The summed E-state index contributed by atoms with van der Waals surface area (Å²) in [6.07, 6.45) is 2.50. The van der Waals surface area contributed by atoms with Gasteiger partial charge in [-0.3, -0.25) is 0 Å². The van der Waals surface area contributed by atoms with E-state index in [9.17, 15) is 0 Å². The van der Waals surface area contributed by atoms with E-state index in [0.29, 0.717) is 0 Å². The van der Waals surface area contributed by atoms with Crippen molar-refractivity contribution in [3.05, 3.63) is 35.9 Å². The fourth-order valence-corrected chi connectivity index (χ4v) is 1.49. The molecule has 0 spiro atoms. The molecule has 0 radical (unpaired) electrons. The van der Waals surface area contributed by atoms with E-state index < -0.39 is 10.9 Å². The normalized spacial score (nSPS) is 9.93. The Morgan fingerprint density at radius 2 is 1.53 bits per heavy atom. The van der Waals surface area contributed by atoms with E-state index in [4.69, 9.17) is 8.42 Å². The topological polar surface area (TPSA) is 60.2 Å². The summed E-state index contributed by atoms with van der Waals surface area (Å²) in [4.78, 5) is 0. The molecule has 0 fully saturated rings. The van der Waals surface area contributed by atoms with Crippen LogP contribution in [0.5, 0.6) is 0 Å². The van der Waals surface area contributed by atoms with Crippen LogP contribution < -0.4 is 5.14 Å². The molecule has 0 heterocycles. The van der Waals surface area contributed by atoms with Crippen molar-refractivity contribution in [2.24, 2.45) is 5.14 Å². The number of rotatable bonds is 3. The molecule has 0 saturated carbocycles. The van der Waals surface area contributed by atoms with Gasteiger partial charge in [0, 0.05) is 0 Å². The van der Waals surface area contributed by atoms with Crippen LogP contribution in [-0.2, 0) is 10.9 Å². The first-order valence-corrected chi connectivity index (χ1v) is 6.30. The maximum atomic E-state index is 8.81. The van der Waals surface area contributed by atoms with Crippen LogP contribution in [0.15, 0.2) is 30.3 Å². The maximum absolute atomic E-state index is 8.81. The Kier molecular flexibility index (Phi) is 7.95. The summed E-state index contributed by atoms with van der Waals surface area (Å²) < 4.78 is 17.6. The molecule has 0 amide bonds. The predicted molar refractivity (Wildman–Crippen MR) is 64.3 cm³/mol. The number of nitrogens with two attached hydrogens (primary N) is 1. The Bertz CT molecular complexity index is 311. The zero-order valence-electron chi connectivity index (χ0n) is 9.22. The predicted octanol–water partition coefficient (Wildman–Crippen LogP) is 2.06. The molecular weight excluding hydrogens is 210 g/mol. The molecule has 86 valence electrons. The van der Waals surface area contributed by atoms with Gasteiger partial charge in [-0.15, -0.1) is 0 Å². The standard InChI is InChI=1S/C11H16.H3NO2S/c1-3-10(4-2)11-8-6-5-7-9-11;1-4(2)3/h5-10H,3-4H2,1-2H3;4H,(H2,1,2,3). The zero-order valence-corrected chi connectivity index (χ0v) is 10.1. The highest BCUT2D eigenvalue weighted by Crippen LogP contribution is 2.21. The Balaban J connectivity index is 0.000000423. The first-order valence-electron chi connectivity index (χ1n) is 5.05. The highest BCUT2D eigenvalue weighted by molar-refractivity contribution is 7.69. The van der Waals surface area contributed by atoms with Crippen molar-refractivity contribution in [1.29, 1.82) is 0 Å². The van der Waals surface area contributed by atoms with Crippen molar-refractivity contribution >= 4 is 10.9 Å². The van der Waals surface area contributed by atoms with Crippen molar-refractivity contribution in [2.45, 2.75) is 32.6 Å². The van der Waals surface area contributed by atoms with Crippen LogP contribution in [0.3, 0.4) is 0 Å². The van der Waals surface area contributed by atoms with Crippen LogP contribution in [-0.4, -0.2) is 8.42 Å². The van der Waals surface area contributed by atoms with Gasteiger partial charge in [0.15, 0.2) is 10.9 Å². The first kappa shape index (κ1) is 14.1. The molecule has 0 saturated heterocycles. The minimum atomic E-state index is -2.62. The van der Waals surface area contributed by atoms with Crippen LogP contribution in [0.4, 0.5) is 0 Å². The van der Waals surface area contributed by atoms with Crippen LogP contribution in [0.25, 0.3) is 0 Å². The fourth-order valence-electron chi connectivity index (χ4n) is 1.49. The highest BCUT2D eigenvalue weighted by Gasteiger charge is 2.03. The molecule has 0 bridgehead atoms. The Hall–Kier alpha value is -0.870. The van der Waals surface area contributed by atoms with Gasteiger partial charge >= 0.3 is 0 Å². The number of hydrogen-bond donors (Lipinski definition) is 2. The number of thiol groups is 1.